The van der Waals surface area contributed by atoms with E-state index in [1.807, 2.05) is 0 Å². The van der Waals surface area contributed by atoms with E-state index in [1.165, 1.54) is 24.3 Å². The summed E-state index contributed by atoms with van der Waals surface area (Å²) in [6.07, 6.45) is 5.83. The third kappa shape index (κ3) is 4.82. The van der Waals surface area contributed by atoms with Gasteiger partial charge in [0.1, 0.15) is 10.7 Å². The zero-order chi connectivity index (χ0) is 13.4. The number of carbonyl (C=O) groups is 1. The van der Waals surface area contributed by atoms with Crippen molar-refractivity contribution in [1.29, 1.82) is 0 Å². The topological polar surface area (TPSA) is 85.4 Å². The molecule has 0 unspecified atom stereocenters. The normalized spacial score (nSPS) is 10.7. The largest absolute Gasteiger partial charge is 0.433 e. The van der Waals surface area contributed by atoms with Crippen LogP contribution >= 0.6 is 0 Å². The molecule has 0 aliphatic rings. The number of nitro groups is 1. The summed E-state index contributed by atoms with van der Waals surface area (Å²) in [6.45, 7) is 2.72. The minimum absolute atomic E-state index is 0.231. The fourth-order valence-corrected chi connectivity index (χ4v) is 1.33. The number of carbonyl (C=O) groups excluding carboxylic acids is 1. The summed E-state index contributed by atoms with van der Waals surface area (Å²) < 4.78 is 4.87. The number of rotatable bonds is 7. The van der Waals surface area contributed by atoms with Crippen LogP contribution in [0.3, 0.4) is 0 Å². The number of nitrogens with zero attached hydrogens (tertiary/aromatic N) is 1. The van der Waals surface area contributed by atoms with Gasteiger partial charge >= 0.3 is 5.88 Å². The molecule has 0 aliphatic heterocycles. The van der Waals surface area contributed by atoms with Crippen LogP contribution in [0.4, 0.5) is 5.88 Å². The molecule has 1 N–H and O–H groups in total. The molecule has 0 aromatic carbocycles. The van der Waals surface area contributed by atoms with Crippen molar-refractivity contribution in [2.45, 2.75) is 26.2 Å². The van der Waals surface area contributed by atoms with Gasteiger partial charge in [-0.15, -0.1) is 0 Å². The van der Waals surface area contributed by atoms with Crippen molar-refractivity contribution in [2.75, 3.05) is 6.54 Å². The molecule has 1 aromatic rings. The molecule has 0 saturated carbocycles. The van der Waals surface area contributed by atoms with E-state index in [2.05, 4.69) is 12.2 Å². The Labute approximate surface area is 105 Å². The van der Waals surface area contributed by atoms with Crippen molar-refractivity contribution in [2.24, 2.45) is 0 Å². The fourth-order valence-electron chi connectivity index (χ4n) is 1.33. The number of nitrogens with one attached hydrogen (secondary N) is 1. The highest BCUT2D eigenvalue weighted by Gasteiger charge is 2.09. The molecular weight excluding hydrogens is 236 g/mol. The number of hydrogen-bond acceptors (Lipinski definition) is 4. The molecule has 1 amide bonds. The predicted molar refractivity (Wildman–Crippen MR) is 66.9 cm³/mol. The first-order valence-electron chi connectivity index (χ1n) is 5.83. The van der Waals surface area contributed by atoms with Crippen molar-refractivity contribution < 1.29 is 14.1 Å². The van der Waals surface area contributed by atoms with Crippen LogP contribution in [0.25, 0.3) is 6.08 Å². The average molecular weight is 252 g/mol. The van der Waals surface area contributed by atoms with Crippen molar-refractivity contribution >= 4 is 17.9 Å². The lowest BCUT2D eigenvalue weighted by Crippen LogP contribution is -2.21. The van der Waals surface area contributed by atoms with E-state index in [-0.39, 0.29) is 17.6 Å². The number of unbranched alkanes of at least 4 members (excludes halogenated alkanes) is 2. The Morgan fingerprint density at radius 1 is 1.50 bits per heavy atom. The molecule has 1 heterocycles. The standard InChI is InChI=1S/C12H16N2O4/c1-2-3-4-9-13-11(15)7-5-10-6-8-12(18-10)14(16)17/h5-8H,2-4,9H2,1H3,(H,13,15)/b7-5+. The van der Waals surface area contributed by atoms with Gasteiger partial charge in [0.05, 0.1) is 6.07 Å². The lowest BCUT2D eigenvalue weighted by molar-refractivity contribution is -0.402. The minimum Gasteiger partial charge on any atom is -0.401 e. The second kappa shape index (κ2) is 7.26. The molecule has 0 atom stereocenters. The summed E-state index contributed by atoms with van der Waals surface area (Å²) in [5, 5.41) is 13.1. The lowest BCUT2D eigenvalue weighted by atomic mass is 10.2. The Kier molecular flexibility index (Phi) is 5.63. The van der Waals surface area contributed by atoms with E-state index in [0.29, 0.717) is 6.54 Å². The molecule has 18 heavy (non-hydrogen) atoms. The second-order valence-corrected chi connectivity index (χ2v) is 3.76. The van der Waals surface area contributed by atoms with E-state index in [1.54, 1.807) is 0 Å². The van der Waals surface area contributed by atoms with Crippen LogP contribution in [0.2, 0.25) is 0 Å². The maximum absolute atomic E-state index is 11.3. The van der Waals surface area contributed by atoms with E-state index < -0.39 is 4.92 Å². The van der Waals surface area contributed by atoms with Crippen LogP contribution in [-0.4, -0.2) is 17.4 Å². The molecular formula is C12H16N2O4. The molecule has 6 heteroatoms. The van der Waals surface area contributed by atoms with Gasteiger partial charge in [0.25, 0.3) is 0 Å². The van der Waals surface area contributed by atoms with Gasteiger partial charge in [-0.2, -0.15) is 0 Å². The Bertz CT molecular complexity index is 437. The highest BCUT2D eigenvalue weighted by Crippen LogP contribution is 2.16. The van der Waals surface area contributed by atoms with Gasteiger partial charge < -0.3 is 9.73 Å². The Balaban J connectivity index is 2.38. The van der Waals surface area contributed by atoms with Gasteiger partial charge in [-0.05, 0) is 18.6 Å². The second-order valence-electron chi connectivity index (χ2n) is 3.76. The third-order valence-corrected chi connectivity index (χ3v) is 2.27. The quantitative estimate of drug-likeness (QED) is 0.349. The van der Waals surface area contributed by atoms with Crippen molar-refractivity contribution in [3.05, 3.63) is 34.1 Å². The lowest BCUT2D eigenvalue weighted by Gasteiger charge is -1.99. The molecule has 0 saturated heterocycles. The van der Waals surface area contributed by atoms with Crippen molar-refractivity contribution in [3.8, 4) is 0 Å². The Morgan fingerprint density at radius 2 is 2.28 bits per heavy atom. The first kappa shape index (κ1) is 14.0. The van der Waals surface area contributed by atoms with Crippen LogP contribution in [0.5, 0.6) is 0 Å². The molecule has 0 fully saturated rings. The molecule has 98 valence electrons. The van der Waals surface area contributed by atoms with Crippen LogP contribution in [0.1, 0.15) is 31.9 Å². The van der Waals surface area contributed by atoms with E-state index in [0.717, 1.165) is 19.3 Å². The summed E-state index contributed by atoms with van der Waals surface area (Å²) in [6, 6.07) is 2.69. The maximum atomic E-state index is 11.3. The van der Waals surface area contributed by atoms with Crippen LogP contribution < -0.4 is 5.32 Å². The zero-order valence-electron chi connectivity index (χ0n) is 10.2. The van der Waals surface area contributed by atoms with Gasteiger partial charge in [0, 0.05) is 12.6 Å². The first-order chi connectivity index (χ1) is 8.63. The van der Waals surface area contributed by atoms with Gasteiger partial charge in [0.2, 0.25) is 5.91 Å². The molecule has 1 rings (SSSR count). The number of amides is 1. The molecule has 0 aliphatic carbocycles. The summed E-state index contributed by atoms with van der Waals surface area (Å²) in [5.74, 6) is -0.284. The van der Waals surface area contributed by atoms with Crippen molar-refractivity contribution in [1.82, 2.24) is 5.32 Å². The Morgan fingerprint density at radius 3 is 2.89 bits per heavy atom. The predicted octanol–water partition coefficient (Wildman–Crippen LogP) is 2.51. The first-order valence-corrected chi connectivity index (χ1v) is 5.83. The number of hydrogen-bond donors (Lipinski definition) is 1. The summed E-state index contributed by atoms with van der Waals surface area (Å²) >= 11 is 0. The summed E-state index contributed by atoms with van der Waals surface area (Å²) in [7, 11) is 0. The maximum Gasteiger partial charge on any atom is 0.433 e. The molecule has 6 nitrogen and oxygen atoms in total. The smallest absolute Gasteiger partial charge is 0.401 e. The number of furan rings is 1. The zero-order valence-corrected chi connectivity index (χ0v) is 10.2. The highest BCUT2D eigenvalue weighted by molar-refractivity contribution is 5.91. The van der Waals surface area contributed by atoms with E-state index in [4.69, 9.17) is 4.42 Å². The molecule has 0 bridgehead atoms. The van der Waals surface area contributed by atoms with Gasteiger partial charge in [-0.3, -0.25) is 14.9 Å². The molecule has 0 radical (unpaired) electrons. The fraction of sp³-hybridized carbons (Fsp3) is 0.417. The average Bonchev–Trinajstić information content (AvgIpc) is 2.81. The van der Waals surface area contributed by atoms with Gasteiger partial charge in [0.15, 0.2) is 0 Å². The highest BCUT2D eigenvalue weighted by atomic mass is 16.6. The Hall–Kier alpha value is -2.11. The third-order valence-electron chi connectivity index (χ3n) is 2.27. The molecule has 1 aromatic heterocycles. The summed E-state index contributed by atoms with van der Waals surface area (Å²) in [4.78, 5) is 21.1. The van der Waals surface area contributed by atoms with Gasteiger partial charge in [-0.1, -0.05) is 19.8 Å². The molecule has 0 spiro atoms. The summed E-state index contributed by atoms with van der Waals surface area (Å²) in [5.41, 5.74) is 0. The monoisotopic (exact) mass is 252 g/mol. The van der Waals surface area contributed by atoms with E-state index >= 15 is 0 Å². The van der Waals surface area contributed by atoms with Gasteiger partial charge in [-0.25, -0.2) is 0 Å². The van der Waals surface area contributed by atoms with Crippen LogP contribution in [0, 0.1) is 10.1 Å². The van der Waals surface area contributed by atoms with E-state index in [9.17, 15) is 14.9 Å². The van der Waals surface area contributed by atoms with Crippen molar-refractivity contribution in [3.63, 3.8) is 0 Å². The SMILES string of the molecule is CCCCCNC(=O)/C=C/c1ccc([N+](=O)[O-])o1. The van der Waals surface area contributed by atoms with Crippen LogP contribution in [-0.2, 0) is 4.79 Å². The van der Waals surface area contributed by atoms with Crippen LogP contribution in [0.15, 0.2) is 22.6 Å². The minimum atomic E-state index is -0.623.